The highest BCUT2D eigenvalue weighted by atomic mass is 35.5. The van der Waals surface area contributed by atoms with E-state index in [0.717, 1.165) is 11.3 Å². The van der Waals surface area contributed by atoms with E-state index >= 15 is 0 Å². The molecule has 100 valence electrons. The first-order chi connectivity index (χ1) is 8.36. The SMILES string of the molecule is CCC(C)N(CC(=O)O)C(=O)c1cc(Cl)sc1Cl. The van der Waals surface area contributed by atoms with Gasteiger partial charge in [-0.2, -0.15) is 0 Å². The van der Waals surface area contributed by atoms with Crippen molar-refractivity contribution in [3.8, 4) is 0 Å². The lowest BCUT2D eigenvalue weighted by atomic mass is 10.2. The van der Waals surface area contributed by atoms with Gasteiger partial charge < -0.3 is 10.0 Å². The van der Waals surface area contributed by atoms with Crippen LogP contribution in [0.1, 0.15) is 30.6 Å². The summed E-state index contributed by atoms with van der Waals surface area (Å²) < 4.78 is 0.687. The fourth-order valence-electron chi connectivity index (χ4n) is 1.43. The van der Waals surface area contributed by atoms with Crippen molar-refractivity contribution in [2.24, 2.45) is 0 Å². The third-order valence-electron chi connectivity index (χ3n) is 2.58. The summed E-state index contributed by atoms with van der Waals surface area (Å²) >= 11 is 12.8. The van der Waals surface area contributed by atoms with E-state index in [0.29, 0.717) is 10.8 Å². The van der Waals surface area contributed by atoms with Crippen molar-refractivity contribution in [2.75, 3.05) is 6.54 Å². The normalized spacial score (nSPS) is 12.2. The van der Waals surface area contributed by atoms with Crippen molar-refractivity contribution in [2.45, 2.75) is 26.3 Å². The molecular weight excluding hydrogens is 297 g/mol. The van der Waals surface area contributed by atoms with Gasteiger partial charge in [0.05, 0.1) is 9.90 Å². The maximum Gasteiger partial charge on any atom is 0.323 e. The van der Waals surface area contributed by atoms with Crippen LogP contribution >= 0.6 is 34.5 Å². The second-order valence-corrected chi connectivity index (χ2v) is 6.11. The Labute approximate surface area is 119 Å². The number of carbonyl (C=O) groups is 2. The van der Waals surface area contributed by atoms with Gasteiger partial charge >= 0.3 is 5.97 Å². The highest BCUT2D eigenvalue weighted by Crippen LogP contribution is 2.32. The summed E-state index contributed by atoms with van der Waals surface area (Å²) in [5.41, 5.74) is 0.258. The van der Waals surface area contributed by atoms with Crippen molar-refractivity contribution in [3.05, 3.63) is 20.3 Å². The summed E-state index contributed by atoms with van der Waals surface area (Å²) in [7, 11) is 0. The Bertz CT molecular complexity index is 461. The minimum Gasteiger partial charge on any atom is -0.480 e. The Morgan fingerprint density at radius 3 is 2.50 bits per heavy atom. The molecule has 0 aliphatic carbocycles. The van der Waals surface area contributed by atoms with E-state index < -0.39 is 11.9 Å². The fraction of sp³-hybridized carbons (Fsp3) is 0.455. The maximum atomic E-state index is 12.2. The molecule has 1 aromatic rings. The summed E-state index contributed by atoms with van der Waals surface area (Å²) in [6.07, 6.45) is 0.661. The average molecular weight is 310 g/mol. The first-order valence-electron chi connectivity index (χ1n) is 5.34. The summed E-state index contributed by atoms with van der Waals surface area (Å²) in [6.45, 7) is 3.33. The lowest BCUT2D eigenvalue weighted by Gasteiger charge is -2.26. The Hall–Kier alpha value is -0.780. The first-order valence-corrected chi connectivity index (χ1v) is 6.91. The molecule has 1 N–H and O–H groups in total. The van der Waals surface area contributed by atoms with Gasteiger partial charge in [-0.15, -0.1) is 11.3 Å². The molecule has 18 heavy (non-hydrogen) atoms. The number of thiophene rings is 1. The zero-order valence-electron chi connectivity index (χ0n) is 9.94. The number of halogens is 2. The molecule has 0 saturated heterocycles. The number of amides is 1. The molecular formula is C11H13Cl2NO3S. The van der Waals surface area contributed by atoms with E-state index in [1.165, 1.54) is 11.0 Å². The van der Waals surface area contributed by atoms with Crippen LogP contribution in [0.4, 0.5) is 0 Å². The van der Waals surface area contributed by atoms with Crippen molar-refractivity contribution in [1.82, 2.24) is 4.90 Å². The van der Waals surface area contributed by atoms with Gasteiger partial charge in [-0.1, -0.05) is 30.1 Å². The smallest absolute Gasteiger partial charge is 0.323 e. The molecule has 0 aromatic carbocycles. The minimum absolute atomic E-state index is 0.177. The van der Waals surface area contributed by atoms with Gasteiger partial charge in [0.2, 0.25) is 0 Å². The molecule has 0 radical (unpaired) electrons. The van der Waals surface area contributed by atoms with Crippen LogP contribution in [0.2, 0.25) is 8.67 Å². The van der Waals surface area contributed by atoms with E-state index in [4.69, 9.17) is 28.3 Å². The Morgan fingerprint density at radius 1 is 1.50 bits per heavy atom. The monoisotopic (exact) mass is 309 g/mol. The summed E-state index contributed by atoms with van der Waals surface area (Å²) in [6, 6.07) is 1.29. The van der Waals surface area contributed by atoms with Crippen molar-refractivity contribution in [1.29, 1.82) is 0 Å². The van der Waals surface area contributed by atoms with Gasteiger partial charge in [0.25, 0.3) is 5.91 Å². The molecule has 1 unspecified atom stereocenters. The number of carboxylic acids is 1. The molecule has 0 aliphatic heterocycles. The quantitative estimate of drug-likeness (QED) is 0.907. The summed E-state index contributed by atoms with van der Waals surface area (Å²) in [5.74, 6) is -1.46. The van der Waals surface area contributed by atoms with Crippen LogP contribution in [0.15, 0.2) is 6.07 Å². The standard InChI is InChI=1S/C11H13Cl2NO3S/c1-3-6(2)14(5-9(15)16)11(17)7-4-8(12)18-10(7)13/h4,6H,3,5H2,1-2H3,(H,15,16). The third-order valence-corrected chi connectivity index (χ3v) is 4.06. The van der Waals surface area contributed by atoms with E-state index in [2.05, 4.69) is 0 Å². The van der Waals surface area contributed by atoms with Gasteiger partial charge in [-0.05, 0) is 19.4 Å². The predicted octanol–water partition coefficient (Wildman–Crippen LogP) is 3.38. The lowest BCUT2D eigenvalue weighted by molar-refractivity contribution is -0.138. The molecule has 7 heteroatoms. The van der Waals surface area contributed by atoms with Crippen LogP contribution in [-0.2, 0) is 4.79 Å². The van der Waals surface area contributed by atoms with Crippen LogP contribution in [0.25, 0.3) is 0 Å². The second-order valence-electron chi connectivity index (χ2n) is 3.82. The molecule has 0 spiro atoms. The Balaban J connectivity index is 3.02. The molecule has 1 atom stereocenters. The Morgan fingerprint density at radius 2 is 2.11 bits per heavy atom. The zero-order valence-corrected chi connectivity index (χ0v) is 12.3. The van der Waals surface area contributed by atoms with E-state index in [9.17, 15) is 9.59 Å². The molecule has 0 fully saturated rings. The second kappa shape index (κ2) is 6.41. The van der Waals surface area contributed by atoms with E-state index in [1.54, 1.807) is 6.92 Å². The molecule has 1 amide bonds. The summed E-state index contributed by atoms with van der Waals surface area (Å²) in [4.78, 5) is 24.3. The van der Waals surface area contributed by atoms with Crippen LogP contribution in [0.5, 0.6) is 0 Å². The molecule has 0 saturated carbocycles. The first kappa shape index (κ1) is 15.3. The number of rotatable bonds is 5. The third kappa shape index (κ3) is 3.60. The largest absolute Gasteiger partial charge is 0.480 e. The van der Waals surface area contributed by atoms with Crippen LogP contribution in [-0.4, -0.2) is 34.5 Å². The van der Waals surface area contributed by atoms with E-state index in [-0.39, 0.29) is 22.5 Å². The molecule has 1 aromatic heterocycles. The van der Waals surface area contributed by atoms with Gasteiger partial charge in [0, 0.05) is 6.04 Å². The molecule has 0 aliphatic rings. The maximum absolute atomic E-state index is 12.2. The highest BCUT2D eigenvalue weighted by molar-refractivity contribution is 7.20. The van der Waals surface area contributed by atoms with E-state index in [1.807, 2.05) is 6.92 Å². The van der Waals surface area contributed by atoms with Crippen LogP contribution in [0.3, 0.4) is 0 Å². The highest BCUT2D eigenvalue weighted by Gasteiger charge is 2.25. The summed E-state index contributed by atoms with van der Waals surface area (Å²) in [5, 5.41) is 8.85. The molecule has 1 rings (SSSR count). The lowest BCUT2D eigenvalue weighted by Crippen LogP contribution is -2.41. The number of aliphatic carboxylic acids is 1. The molecule has 1 heterocycles. The van der Waals surface area contributed by atoms with Crippen LogP contribution in [0, 0.1) is 0 Å². The van der Waals surface area contributed by atoms with Gasteiger partial charge in [-0.3, -0.25) is 9.59 Å². The van der Waals surface area contributed by atoms with Crippen LogP contribution < -0.4 is 0 Å². The number of nitrogens with zero attached hydrogens (tertiary/aromatic N) is 1. The fourth-order valence-corrected chi connectivity index (χ4v) is 2.88. The number of carboxylic acid groups (broad SMARTS) is 1. The predicted molar refractivity (Wildman–Crippen MR) is 72.8 cm³/mol. The Kier molecular flexibility index (Phi) is 5.44. The van der Waals surface area contributed by atoms with Crippen molar-refractivity contribution in [3.63, 3.8) is 0 Å². The average Bonchev–Trinajstić information content (AvgIpc) is 2.63. The van der Waals surface area contributed by atoms with Crippen molar-refractivity contribution >= 4 is 46.4 Å². The number of carbonyl (C=O) groups excluding carboxylic acids is 1. The van der Waals surface area contributed by atoms with Gasteiger partial charge in [0.15, 0.2) is 0 Å². The van der Waals surface area contributed by atoms with Gasteiger partial charge in [-0.25, -0.2) is 0 Å². The minimum atomic E-state index is -1.05. The molecule has 0 bridgehead atoms. The number of hydrogen-bond donors (Lipinski definition) is 1. The zero-order chi connectivity index (χ0) is 13.9. The van der Waals surface area contributed by atoms with Crippen molar-refractivity contribution < 1.29 is 14.7 Å². The topological polar surface area (TPSA) is 57.6 Å². The molecule has 4 nitrogen and oxygen atoms in total. The van der Waals surface area contributed by atoms with Gasteiger partial charge in [0.1, 0.15) is 10.9 Å². The number of hydrogen-bond acceptors (Lipinski definition) is 3.